The number of amides is 3. The molecule has 1 aliphatic heterocycles. The predicted molar refractivity (Wildman–Crippen MR) is 117 cm³/mol. The standard InChI is InChI=1S/C23H32N4O5/c1-4-31-22(30)27-12-10-23(16-24,11-13-27)26-20(28)19(14-17(2)3)32-21(29)25-15-18-8-6-5-7-9-18/h5-9,17,19H,4,10-15H2,1-3H3,(H,25,29)(H,26,28). The van der Waals surface area contributed by atoms with Crippen molar-refractivity contribution in [2.24, 2.45) is 5.92 Å². The van der Waals surface area contributed by atoms with Crippen LogP contribution in [0.1, 0.15) is 45.6 Å². The number of nitrogens with zero attached hydrogens (tertiary/aromatic N) is 2. The molecule has 174 valence electrons. The van der Waals surface area contributed by atoms with Crippen LogP contribution in [0.15, 0.2) is 30.3 Å². The molecule has 2 N–H and O–H groups in total. The van der Waals surface area contributed by atoms with Crippen LogP contribution in [0, 0.1) is 17.2 Å². The van der Waals surface area contributed by atoms with E-state index in [2.05, 4.69) is 16.7 Å². The Morgan fingerprint density at radius 1 is 1.19 bits per heavy atom. The van der Waals surface area contributed by atoms with E-state index < -0.39 is 29.7 Å². The average Bonchev–Trinajstić information content (AvgIpc) is 2.78. The van der Waals surface area contributed by atoms with E-state index >= 15 is 0 Å². The number of nitrogens with one attached hydrogen (secondary N) is 2. The highest BCUT2D eigenvalue weighted by Gasteiger charge is 2.40. The SMILES string of the molecule is CCOC(=O)N1CCC(C#N)(NC(=O)C(CC(C)C)OC(=O)NCc2ccccc2)CC1. The van der Waals surface area contributed by atoms with Crippen molar-refractivity contribution >= 4 is 18.1 Å². The summed E-state index contributed by atoms with van der Waals surface area (Å²) in [5.74, 6) is -0.420. The second-order valence-electron chi connectivity index (χ2n) is 8.23. The summed E-state index contributed by atoms with van der Waals surface area (Å²) in [5, 5.41) is 15.2. The maximum absolute atomic E-state index is 13.0. The zero-order valence-electron chi connectivity index (χ0n) is 18.9. The Morgan fingerprint density at radius 3 is 2.41 bits per heavy atom. The van der Waals surface area contributed by atoms with Gasteiger partial charge in [0.15, 0.2) is 6.10 Å². The number of hydrogen-bond donors (Lipinski definition) is 2. The highest BCUT2D eigenvalue weighted by Crippen LogP contribution is 2.23. The summed E-state index contributed by atoms with van der Waals surface area (Å²) in [5.41, 5.74) is -0.217. The van der Waals surface area contributed by atoms with Crippen molar-refractivity contribution in [3.63, 3.8) is 0 Å². The Kier molecular flexibility index (Phi) is 9.32. The number of carbonyl (C=O) groups excluding carboxylic acids is 3. The van der Waals surface area contributed by atoms with Crippen LogP contribution in [-0.2, 0) is 20.8 Å². The van der Waals surface area contributed by atoms with Gasteiger partial charge in [-0.1, -0.05) is 44.2 Å². The van der Waals surface area contributed by atoms with Gasteiger partial charge in [0.25, 0.3) is 5.91 Å². The van der Waals surface area contributed by atoms with Gasteiger partial charge in [-0.05, 0) is 24.8 Å². The lowest BCUT2D eigenvalue weighted by Crippen LogP contribution is -2.57. The molecule has 0 radical (unpaired) electrons. The number of rotatable bonds is 8. The first-order chi connectivity index (χ1) is 15.3. The van der Waals surface area contributed by atoms with E-state index in [4.69, 9.17) is 9.47 Å². The summed E-state index contributed by atoms with van der Waals surface area (Å²) < 4.78 is 10.4. The van der Waals surface area contributed by atoms with Gasteiger partial charge >= 0.3 is 12.2 Å². The van der Waals surface area contributed by atoms with Crippen LogP contribution >= 0.6 is 0 Å². The number of alkyl carbamates (subject to hydrolysis) is 1. The fraction of sp³-hybridized carbons (Fsp3) is 0.565. The van der Waals surface area contributed by atoms with E-state index in [1.165, 1.54) is 4.90 Å². The fourth-order valence-electron chi connectivity index (χ4n) is 3.44. The molecule has 1 saturated heterocycles. The lowest BCUT2D eigenvalue weighted by atomic mass is 9.88. The van der Waals surface area contributed by atoms with Gasteiger partial charge in [-0.25, -0.2) is 9.59 Å². The topological polar surface area (TPSA) is 121 Å². The molecule has 1 atom stereocenters. The number of carbonyl (C=O) groups is 3. The van der Waals surface area contributed by atoms with Gasteiger partial charge in [-0.15, -0.1) is 0 Å². The third kappa shape index (κ3) is 7.45. The Balaban J connectivity index is 1.96. The molecular formula is C23H32N4O5. The van der Waals surface area contributed by atoms with E-state index in [0.29, 0.717) is 19.5 Å². The molecule has 1 heterocycles. The number of ether oxygens (including phenoxy) is 2. The van der Waals surface area contributed by atoms with Crippen LogP contribution < -0.4 is 10.6 Å². The molecule has 1 unspecified atom stereocenters. The van der Waals surface area contributed by atoms with Crippen LogP contribution in [0.5, 0.6) is 0 Å². The number of likely N-dealkylation sites (tertiary alicyclic amines) is 1. The molecule has 9 nitrogen and oxygen atoms in total. The van der Waals surface area contributed by atoms with Gasteiger partial charge in [0.05, 0.1) is 12.7 Å². The van der Waals surface area contributed by atoms with Gasteiger partial charge < -0.3 is 25.0 Å². The van der Waals surface area contributed by atoms with E-state index in [0.717, 1.165) is 5.56 Å². The van der Waals surface area contributed by atoms with Crippen LogP contribution in [0.25, 0.3) is 0 Å². The molecule has 0 saturated carbocycles. The second kappa shape index (κ2) is 11.9. The Labute approximate surface area is 189 Å². The smallest absolute Gasteiger partial charge is 0.409 e. The molecule has 1 aromatic rings. The van der Waals surface area contributed by atoms with E-state index in [9.17, 15) is 19.6 Å². The normalized spacial score (nSPS) is 15.9. The zero-order chi connectivity index (χ0) is 23.6. The molecule has 0 bridgehead atoms. The van der Waals surface area contributed by atoms with E-state index in [1.807, 2.05) is 44.2 Å². The maximum atomic E-state index is 13.0. The number of piperidine rings is 1. The second-order valence-corrected chi connectivity index (χ2v) is 8.23. The Hall–Kier alpha value is -3.28. The lowest BCUT2D eigenvalue weighted by Gasteiger charge is -2.37. The fourth-order valence-corrected chi connectivity index (χ4v) is 3.44. The molecule has 1 aromatic carbocycles. The van der Waals surface area contributed by atoms with Crippen molar-refractivity contribution in [2.45, 2.75) is 58.2 Å². The van der Waals surface area contributed by atoms with Gasteiger partial charge in [0.1, 0.15) is 5.54 Å². The molecule has 0 spiro atoms. The molecule has 1 aliphatic rings. The Bertz CT molecular complexity index is 813. The van der Waals surface area contributed by atoms with Crippen molar-refractivity contribution < 1.29 is 23.9 Å². The van der Waals surface area contributed by atoms with Gasteiger partial charge in [0.2, 0.25) is 0 Å². The third-order valence-corrected chi connectivity index (χ3v) is 5.23. The van der Waals surface area contributed by atoms with Crippen LogP contribution in [0.4, 0.5) is 9.59 Å². The first kappa shape index (κ1) is 25.0. The minimum Gasteiger partial charge on any atom is -0.450 e. The largest absolute Gasteiger partial charge is 0.450 e. The van der Waals surface area contributed by atoms with Gasteiger partial charge in [-0.2, -0.15) is 5.26 Å². The van der Waals surface area contributed by atoms with Crippen molar-refractivity contribution in [3.8, 4) is 6.07 Å². The number of nitriles is 1. The summed E-state index contributed by atoms with van der Waals surface area (Å²) in [6.07, 6.45) is -1.30. The van der Waals surface area contributed by atoms with Crippen molar-refractivity contribution in [3.05, 3.63) is 35.9 Å². The first-order valence-electron chi connectivity index (χ1n) is 10.9. The summed E-state index contributed by atoms with van der Waals surface area (Å²) in [6.45, 7) is 6.71. The minimum absolute atomic E-state index is 0.0939. The van der Waals surface area contributed by atoms with Gasteiger partial charge in [-0.3, -0.25) is 4.79 Å². The summed E-state index contributed by atoms with van der Waals surface area (Å²) >= 11 is 0. The van der Waals surface area contributed by atoms with Crippen LogP contribution in [0.2, 0.25) is 0 Å². The minimum atomic E-state index is -1.13. The lowest BCUT2D eigenvalue weighted by molar-refractivity contribution is -0.132. The summed E-state index contributed by atoms with van der Waals surface area (Å²) in [6, 6.07) is 11.5. The molecule has 1 fully saturated rings. The average molecular weight is 445 g/mol. The van der Waals surface area contributed by atoms with E-state index in [-0.39, 0.29) is 31.9 Å². The third-order valence-electron chi connectivity index (χ3n) is 5.23. The summed E-state index contributed by atoms with van der Waals surface area (Å²) in [4.78, 5) is 38.7. The van der Waals surface area contributed by atoms with Crippen molar-refractivity contribution in [2.75, 3.05) is 19.7 Å². The molecule has 0 aliphatic carbocycles. The van der Waals surface area contributed by atoms with Crippen LogP contribution in [-0.4, -0.2) is 54.3 Å². The monoisotopic (exact) mass is 444 g/mol. The number of hydrogen-bond acceptors (Lipinski definition) is 6. The quantitative estimate of drug-likeness (QED) is 0.636. The Morgan fingerprint density at radius 2 is 1.84 bits per heavy atom. The molecule has 32 heavy (non-hydrogen) atoms. The molecule has 0 aromatic heterocycles. The highest BCUT2D eigenvalue weighted by atomic mass is 16.6. The highest BCUT2D eigenvalue weighted by molar-refractivity contribution is 5.84. The number of benzene rings is 1. The van der Waals surface area contributed by atoms with Crippen LogP contribution in [0.3, 0.4) is 0 Å². The van der Waals surface area contributed by atoms with Gasteiger partial charge in [0, 0.05) is 32.5 Å². The van der Waals surface area contributed by atoms with Crippen molar-refractivity contribution in [1.29, 1.82) is 5.26 Å². The first-order valence-corrected chi connectivity index (χ1v) is 10.9. The zero-order valence-corrected chi connectivity index (χ0v) is 18.9. The molecule has 2 rings (SSSR count). The molecule has 3 amide bonds. The molecular weight excluding hydrogens is 412 g/mol. The van der Waals surface area contributed by atoms with Crippen molar-refractivity contribution in [1.82, 2.24) is 15.5 Å². The maximum Gasteiger partial charge on any atom is 0.409 e. The van der Waals surface area contributed by atoms with E-state index in [1.54, 1.807) is 6.92 Å². The molecule has 9 heteroatoms. The summed E-state index contributed by atoms with van der Waals surface area (Å²) in [7, 11) is 0. The predicted octanol–water partition coefficient (Wildman–Crippen LogP) is 2.96.